The summed E-state index contributed by atoms with van der Waals surface area (Å²) in [5, 5.41) is 0.421. The summed E-state index contributed by atoms with van der Waals surface area (Å²) in [5.74, 6) is -0.810. The second kappa shape index (κ2) is 7.09. The van der Waals surface area contributed by atoms with Crippen LogP contribution in [0.15, 0.2) is 36.5 Å². The molecule has 0 saturated heterocycles. The summed E-state index contributed by atoms with van der Waals surface area (Å²) >= 11 is 5.75. The zero-order valence-corrected chi connectivity index (χ0v) is 14.2. The van der Waals surface area contributed by atoms with Gasteiger partial charge in [0, 0.05) is 13.2 Å². The van der Waals surface area contributed by atoms with Crippen LogP contribution in [0, 0.1) is 0 Å². The minimum Gasteiger partial charge on any atom is -0.451 e. The van der Waals surface area contributed by atoms with E-state index in [1.54, 1.807) is 11.9 Å². The first-order valence-corrected chi connectivity index (χ1v) is 8.28. The lowest BCUT2D eigenvalue weighted by atomic mass is 9.87. The lowest BCUT2D eigenvalue weighted by Gasteiger charge is -2.33. The Morgan fingerprint density at radius 3 is 2.92 bits per heavy atom. The van der Waals surface area contributed by atoms with E-state index >= 15 is 0 Å². The molecule has 2 aromatic rings. The van der Waals surface area contributed by atoms with Gasteiger partial charge in [-0.05, 0) is 36.5 Å². The first kappa shape index (κ1) is 16.6. The van der Waals surface area contributed by atoms with Gasteiger partial charge in [0.1, 0.15) is 5.69 Å². The third kappa shape index (κ3) is 3.46. The van der Waals surface area contributed by atoms with Crippen LogP contribution in [0.1, 0.15) is 40.5 Å². The van der Waals surface area contributed by atoms with E-state index in [-0.39, 0.29) is 24.2 Å². The Hall–Kier alpha value is -2.27. The van der Waals surface area contributed by atoms with Crippen molar-refractivity contribution in [3.05, 3.63) is 58.4 Å². The van der Waals surface area contributed by atoms with Gasteiger partial charge >= 0.3 is 5.97 Å². The average Bonchev–Trinajstić information content (AvgIpc) is 3.04. The number of esters is 1. The number of aryl methyl sites for hydroxylation is 1. The van der Waals surface area contributed by atoms with E-state index in [2.05, 4.69) is 17.1 Å². The number of nitrogens with zero attached hydrogens (tertiary/aromatic N) is 1. The molecule has 1 heterocycles. The molecule has 0 unspecified atom stereocenters. The van der Waals surface area contributed by atoms with Crippen LogP contribution in [-0.2, 0) is 16.0 Å². The molecule has 126 valence electrons. The number of benzene rings is 1. The first-order chi connectivity index (χ1) is 11.6. The quantitative estimate of drug-likeness (QED) is 0.863. The van der Waals surface area contributed by atoms with Crippen molar-refractivity contribution >= 4 is 23.5 Å². The molecule has 0 aliphatic heterocycles. The van der Waals surface area contributed by atoms with Gasteiger partial charge in [0.2, 0.25) is 0 Å². The Morgan fingerprint density at radius 1 is 1.38 bits per heavy atom. The normalized spacial score (nSPS) is 16.3. The van der Waals surface area contributed by atoms with Crippen molar-refractivity contribution in [2.45, 2.75) is 25.3 Å². The molecule has 0 fully saturated rings. The molecule has 6 heteroatoms. The maximum atomic E-state index is 12.4. The fourth-order valence-corrected chi connectivity index (χ4v) is 3.26. The zero-order chi connectivity index (χ0) is 17.1. The Morgan fingerprint density at radius 2 is 2.17 bits per heavy atom. The number of nitrogens with one attached hydrogen (secondary N) is 1. The molecule has 0 spiro atoms. The third-order valence-electron chi connectivity index (χ3n) is 4.39. The predicted molar refractivity (Wildman–Crippen MR) is 91.0 cm³/mol. The van der Waals surface area contributed by atoms with Crippen molar-refractivity contribution in [3.63, 3.8) is 0 Å². The number of carbonyl (C=O) groups excluding carboxylic acids is 2. The van der Waals surface area contributed by atoms with Gasteiger partial charge in [-0.25, -0.2) is 4.79 Å². The van der Waals surface area contributed by atoms with E-state index in [9.17, 15) is 9.59 Å². The molecule has 24 heavy (non-hydrogen) atoms. The molecule has 1 aromatic heterocycles. The molecule has 0 bridgehead atoms. The molecule has 5 nitrogen and oxygen atoms in total. The van der Waals surface area contributed by atoms with Crippen LogP contribution in [-0.4, -0.2) is 35.4 Å². The summed E-state index contributed by atoms with van der Waals surface area (Å²) in [6.45, 7) is -0.287. The molecule has 1 atom stereocenters. The summed E-state index contributed by atoms with van der Waals surface area (Å²) in [4.78, 5) is 28.7. The number of H-pyrrole nitrogens is 1. The third-order valence-corrected chi connectivity index (χ3v) is 4.61. The van der Waals surface area contributed by atoms with Gasteiger partial charge in [-0.1, -0.05) is 35.9 Å². The number of fused-ring (bicyclic) bond motifs is 1. The van der Waals surface area contributed by atoms with Crippen LogP contribution in [0.25, 0.3) is 0 Å². The van der Waals surface area contributed by atoms with Gasteiger partial charge in [-0.2, -0.15) is 0 Å². The lowest BCUT2D eigenvalue weighted by molar-refractivity contribution is -0.135. The highest BCUT2D eigenvalue weighted by Crippen LogP contribution is 2.33. The van der Waals surface area contributed by atoms with Crippen molar-refractivity contribution in [1.29, 1.82) is 0 Å². The summed E-state index contributed by atoms with van der Waals surface area (Å²) < 4.78 is 5.08. The number of hydrogen-bond donors (Lipinski definition) is 1. The maximum absolute atomic E-state index is 12.4. The van der Waals surface area contributed by atoms with E-state index in [1.165, 1.54) is 23.4 Å². The number of hydrogen-bond acceptors (Lipinski definition) is 3. The number of ether oxygens (including phenoxy) is 1. The Balaban J connectivity index is 1.62. The van der Waals surface area contributed by atoms with Crippen LogP contribution in [0.4, 0.5) is 0 Å². The van der Waals surface area contributed by atoms with Crippen LogP contribution >= 0.6 is 11.6 Å². The summed E-state index contributed by atoms with van der Waals surface area (Å²) in [6, 6.07) is 9.68. The second-order valence-electron chi connectivity index (χ2n) is 5.92. The number of aromatic amines is 1. The van der Waals surface area contributed by atoms with E-state index in [4.69, 9.17) is 16.3 Å². The number of carbonyl (C=O) groups is 2. The maximum Gasteiger partial charge on any atom is 0.355 e. The van der Waals surface area contributed by atoms with Gasteiger partial charge in [-0.3, -0.25) is 4.79 Å². The van der Waals surface area contributed by atoms with Crippen LogP contribution < -0.4 is 0 Å². The van der Waals surface area contributed by atoms with Crippen molar-refractivity contribution in [3.8, 4) is 0 Å². The highest BCUT2D eigenvalue weighted by molar-refractivity contribution is 6.30. The lowest BCUT2D eigenvalue weighted by Crippen LogP contribution is -2.36. The van der Waals surface area contributed by atoms with Crippen molar-refractivity contribution < 1.29 is 14.3 Å². The Labute approximate surface area is 145 Å². The fourth-order valence-electron chi connectivity index (χ4n) is 3.10. The van der Waals surface area contributed by atoms with Gasteiger partial charge in [0.25, 0.3) is 5.91 Å². The number of rotatable bonds is 4. The molecular formula is C18H19ClN2O3. The standard InChI is InChI=1S/C18H19ClN2O3/c1-21(16-8-4-6-12-5-2-3-7-14(12)16)17(22)11-24-18(23)15-9-13(19)10-20-15/h2-3,5,7,9-10,16,20H,4,6,8,11H2,1H3/t16-/m0/s1. The highest BCUT2D eigenvalue weighted by Gasteiger charge is 2.27. The summed E-state index contributed by atoms with van der Waals surface area (Å²) in [6.07, 6.45) is 4.49. The summed E-state index contributed by atoms with van der Waals surface area (Å²) in [5.41, 5.74) is 2.70. The van der Waals surface area contributed by atoms with Crippen LogP contribution in [0.5, 0.6) is 0 Å². The minimum absolute atomic E-state index is 0.0288. The minimum atomic E-state index is -0.590. The molecule has 1 aliphatic carbocycles. The smallest absolute Gasteiger partial charge is 0.355 e. The molecule has 1 aromatic carbocycles. The van der Waals surface area contributed by atoms with Gasteiger partial charge in [-0.15, -0.1) is 0 Å². The van der Waals surface area contributed by atoms with Gasteiger partial charge < -0.3 is 14.6 Å². The van der Waals surface area contributed by atoms with E-state index in [0.29, 0.717) is 5.02 Å². The van der Waals surface area contributed by atoms with E-state index < -0.39 is 5.97 Å². The monoisotopic (exact) mass is 346 g/mol. The van der Waals surface area contributed by atoms with Crippen molar-refractivity contribution in [1.82, 2.24) is 9.88 Å². The largest absolute Gasteiger partial charge is 0.451 e. The summed E-state index contributed by atoms with van der Waals surface area (Å²) in [7, 11) is 1.76. The Kier molecular flexibility index (Phi) is 4.90. The SMILES string of the molecule is CN(C(=O)COC(=O)c1cc(Cl)c[nH]1)[C@H]1CCCc2ccccc21. The van der Waals surface area contributed by atoms with E-state index in [1.807, 2.05) is 12.1 Å². The van der Waals surface area contributed by atoms with Gasteiger partial charge in [0.15, 0.2) is 6.61 Å². The highest BCUT2D eigenvalue weighted by atomic mass is 35.5. The number of amides is 1. The Bertz CT molecular complexity index is 756. The molecule has 1 amide bonds. The molecular weight excluding hydrogens is 328 g/mol. The molecule has 1 aliphatic rings. The van der Waals surface area contributed by atoms with Crippen molar-refractivity contribution in [2.24, 2.45) is 0 Å². The van der Waals surface area contributed by atoms with Crippen molar-refractivity contribution in [2.75, 3.05) is 13.7 Å². The number of halogens is 1. The van der Waals surface area contributed by atoms with Crippen LogP contribution in [0.3, 0.4) is 0 Å². The van der Waals surface area contributed by atoms with E-state index in [0.717, 1.165) is 19.3 Å². The van der Waals surface area contributed by atoms with Crippen LogP contribution in [0.2, 0.25) is 5.02 Å². The fraction of sp³-hybridized carbons (Fsp3) is 0.333. The average molecular weight is 347 g/mol. The predicted octanol–water partition coefficient (Wildman–Crippen LogP) is 3.36. The molecule has 1 N–H and O–H groups in total. The topological polar surface area (TPSA) is 62.4 Å². The number of likely N-dealkylation sites (N-methyl/N-ethyl adjacent to an activating group) is 1. The first-order valence-electron chi connectivity index (χ1n) is 7.91. The zero-order valence-electron chi connectivity index (χ0n) is 13.4. The molecule has 3 rings (SSSR count). The molecule has 0 radical (unpaired) electrons. The number of aromatic nitrogens is 1. The molecule has 0 saturated carbocycles. The van der Waals surface area contributed by atoms with Gasteiger partial charge in [0.05, 0.1) is 11.1 Å². The second-order valence-corrected chi connectivity index (χ2v) is 6.36.